The molecule has 0 amide bonds. The first-order valence-corrected chi connectivity index (χ1v) is 6.48. The monoisotopic (exact) mass is 240 g/mol. The molecule has 0 heterocycles. The molecule has 0 saturated carbocycles. The summed E-state index contributed by atoms with van der Waals surface area (Å²) < 4.78 is 0. The zero-order chi connectivity index (χ0) is 13.0. The molecule has 0 fully saturated rings. The van der Waals surface area contributed by atoms with Crippen LogP contribution in [0.3, 0.4) is 0 Å². The third kappa shape index (κ3) is 2.80. The lowest BCUT2D eigenvalue weighted by molar-refractivity contribution is 0.280. The summed E-state index contributed by atoms with van der Waals surface area (Å²) in [5, 5.41) is 9.61. The van der Waals surface area contributed by atoms with Crippen molar-refractivity contribution in [3.63, 3.8) is 0 Å². The fourth-order valence-electron chi connectivity index (χ4n) is 2.20. The molecule has 0 radical (unpaired) electrons. The molecule has 1 heteroatoms. The molecule has 1 atom stereocenters. The van der Waals surface area contributed by atoms with Gasteiger partial charge in [0.25, 0.3) is 0 Å². The van der Waals surface area contributed by atoms with Crippen LogP contribution in [0.15, 0.2) is 54.6 Å². The average molecular weight is 240 g/mol. The van der Waals surface area contributed by atoms with Crippen molar-refractivity contribution < 1.29 is 5.11 Å². The number of hydrogen-bond donors (Lipinski definition) is 1. The number of aliphatic hydroxyl groups excluding tert-OH is 1. The highest BCUT2D eigenvalue weighted by atomic mass is 16.3. The summed E-state index contributed by atoms with van der Waals surface area (Å²) in [5.41, 5.74) is 3.67. The van der Waals surface area contributed by atoms with Crippen LogP contribution in [0, 0.1) is 0 Å². The lowest BCUT2D eigenvalue weighted by atomic mass is 9.90. The van der Waals surface area contributed by atoms with Gasteiger partial charge in [0.05, 0.1) is 6.61 Å². The number of hydrogen-bond acceptors (Lipinski definition) is 1. The van der Waals surface area contributed by atoms with Crippen molar-refractivity contribution in [3.8, 4) is 0 Å². The summed E-state index contributed by atoms with van der Waals surface area (Å²) in [7, 11) is 0. The molecule has 2 rings (SSSR count). The molecule has 0 aliphatic carbocycles. The maximum Gasteiger partial charge on any atom is 0.0540 e. The van der Waals surface area contributed by atoms with Crippen molar-refractivity contribution in [1.82, 2.24) is 0 Å². The average Bonchev–Trinajstić information content (AvgIpc) is 2.41. The Morgan fingerprint density at radius 2 is 1.28 bits per heavy atom. The number of rotatable bonds is 4. The maximum atomic E-state index is 9.61. The molecule has 0 bridgehead atoms. The van der Waals surface area contributed by atoms with E-state index in [2.05, 4.69) is 50.2 Å². The van der Waals surface area contributed by atoms with Crippen molar-refractivity contribution in [2.75, 3.05) is 6.61 Å². The summed E-state index contributed by atoms with van der Waals surface area (Å²) in [6, 6.07) is 18.7. The van der Waals surface area contributed by atoms with E-state index in [1.54, 1.807) is 0 Å². The van der Waals surface area contributed by atoms with Gasteiger partial charge in [-0.05, 0) is 22.6 Å². The molecule has 0 aliphatic heterocycles. The predicted molar refractivity (Wildman–Crippen MR) is 75.9 cm³/mol. The third-order valence-electron chi connectivity index (χ3n) is 3.39. The minimum atomic E-state index is 0.0763. The van der Waals surface area contributed by atoms with Crippen LogP contribution in [0.1, 0.15) is 42.4 Å². The highest BCUT2D eigenvalue weighted by molar-refractivity contribution is 5.34. The lowest BCUT2D eigenvalue weighted by Gasteiger charge is -2.16. The molecule has 1 N–H and O–H groups in total. The first-order chi connectivity index (χ1) is 8.72. The second kappa shape index (κ2) is 5.83. The number of benzene rings is 2. The molecule has 94 valence electrons. The van der Waals surface area contributed by atoms with Gasteiger partial charge >= 0.3 is 0 Å². The van der Waals surface area contributed by atoms with Crippen molar-refractivity contribution in [2.45, 2.75) is 25.7 Å². The standard InChI is InChI=1S/C17H20O/c1-13(2)14-8-10-16(11-9-14)17(12-18)15-6-4-3-5-7-15/h3-11,13,17-18H,12H2,1-2H3. The van der Waals surface area contributed by atoms with E-state index in [9.17, 15) is 5.11 Å². The minimum Gasteiger partial charge on any atom is -0.395 e. The predicted octanol–water partition coefficient (Wildman–Crippen LogP) is 3.93. The Morgan fingerprint density at radius 3 is 1.78 bits per heavy atom. The SMILES string of the molecule is CC(C)c1ccc(C(CO)c2ccccc2)cc1. The van der Waals surface area contributed by atoms with Gasteiger partial charge in [0, 0.05) is 5.92 Å². The highest BCUT2D eigenvalue weighted by Crippen LogP contribution is 2.25. The molecule has 1 nitrogen and oxygen atoms in total. The smallest absolute Gasteiger partial charge is 0.0540 e. The Hall–Kier alpha value is -1.60. The van der Waals surface area contributed by atoms with E-state index in [-0.39, 0.29) is 12.5 Å². The summed E-state index contributed by atoms with van der Waals surface area (Å²) in [4.78, 5) is 0. The van der Waals surface area contributed by atoms with E-state index in [4.69, 9.17) is 0 Å². The topological polar surface area (TPSA) is 20.2 Å². The van der Waals surface area contributed by atoms with Crippen molar-refractivity contribution in [1.29, 1.82) is 0 Å². The fraction of sp³-hybridized carbons (Fsp3) is 0.294. The van der Waals surface area contributed by atoms with Gasteiger partial charge in [-0.2, -0.15) is 0 Å². The molecule has 0 aliphatic rings. The zero-order valence-corrected chi connectivity index (χ0v) is 11.0. The first-order valence-electron chi connectivity index (χ1n) is 6.48. The van der Waals surface area contributed by atoms with Crippen LogP contribution >= 0.6 is 0 Å². The summed E-state index contributed by atoms with van der Waals surface area (Å²) >= 11 is 0. The molecule has 18 heavy (non-hydrogen) atoms. The molecule has 1 unspecified atom stereocenters. The lowest BCUT2D eigenvalue weighted by Crippen LogP contribution is -2.06. The quantitative estimate of drug-likeness (QED) is 0.858. The molecule has 0 saturated heterocycles. The molecular weight excluding hydrogens is 220 g/mol. The van der Waals surface area contributed by atoms with Crippen molar-refractivity contribution in [2.24, 2.45) is 0 Å². The normalized spacial score (nSPS) is 12.7. The largest absolute Gasteiger partial charge is 0.395 e. The van der Waals surface area contributed by atoms with Gasteiger partial charge < -0.3 is 5.11 Å². The van der Waals surface area contributed by atoms with Crippen LogP contribution in [0.2, 0.25) is 0 Å². The Labute approximate surface area is 109 Å². The molecular formula is C17H20O. The minimum absolute atomic E-state index is 0.0763. The van der Waals surface area contributed by atoms with Gasteiger partial charge in [0.2, 0.25) is 0 Å². The van der Waals surface area contributed by atoms with Crippen LogP contribution in [-0.4, -0.2) is 11.7 Å². The van der Waals surface area contributed by atoms with Gasteiger partial charge in [-0.3, -0.25) is 0 Å². The van der Waals surface area contributed by atoms with E-state index < -0.39 is 0 Å². The summed E-state index contributed by atoms with van der Waals surface area (Å²) in [6.45, 7) is 4.52. The summed E-state index contributed by atoms with van der Waals surface area (Å²) in [5.74, 6) is 0.621. The Balaban J connectivity index is 2.28. The van der Waals surface area contributed by atoms with Crippen LogP contribution in [0.4, 0.5) is 0 Å². The summed E-state index contributed by atoms with van der Waals surface area (Å²) in [6.07, 6.45) is 0. The molecule has 2 aromatic carbocycles. The second-order valence-corrected chi connectivity index (χ2v) is 4.97. The van der Waals surface area contributed by atoms with Crippen LogP contribution in [0.25, 0.3) is 0 Å². The zero-order valence-electron chi connectivity index (χ0n) is 11.0. The third-order valence-corrected chi connectivity index (χ3v) is 3.39. The van der Waals surface area contributed by atoms with E-state index in [0.29, 0.717) is 5.92 Å². The van der Waals surface area contributed by atoms with Gasteiger partial charge in [-0.25, -0.2) is 0 Å². The van der Waals surface area contributed by atoms with E-state index in [1.807, 2.05) is 18.2 Å². The van der Waals surface area contributed by atoms with E-state index >= 15 is 0 Å². The van der Waals surface area contributed by atoms with Gasteiger partial charge in [-0.15, -0.1) is 0 Å². The Morgan fingerprint density at radius 1 is 0.778 bits per heavy atom. The van der Waals surface area contributed by atoms with Gasteiger partial charge in [-0.1, -0.05) is 68.4 Å². The molecule has 0 aromatic heterocycles. The van der Waals surface area contributed by atoms with E-state index in [1.165, 1.54) is 11.1 Å². The molecule has 2 aromatic rings. The van der Waals surface area contributed by atoms with Crippen molar-refractivity contribution in [3.05, 3.63) is 71.3 Å². The van der Waals surface area contributed by atoms with Crippen LogP contribution in [0.5, 0.6) is 0 Å². The van der Waals surface area contributed by atoms with Gasteiger partial charge in [0.1, 0.15) is 0 Å². The maximum absolute atomic E-state index is 9.61. The first kappa shape index (κ1) is 12.8. The van der Waals surface area contributed by atoms with Crippen LogP contribution < -0.4 is 0 Å². The number of aliphatic hydroxyl groups is 1. The Bertz CT molecular complexity index is 471. The van der Waals surface area contributed by atoms with Crippen molar-refractivity contribution >= 4 is 0 Å². The van der Waals surface area contributed by atoms with E-state index in [0.717, 1.165) is 5.56 Å². The van der Waals surface area contributed by atoms with Crippen LogP contribution in [-0.2, 0) is 0 Å². The van der Waals surface area contributed by atoms with Gasteiger partial charge in [0.15, 0.2) is 0 Å². The Kier molecular flexibility index (Phi) is 4.16. The second-order valence-electron chi connectivity index (χ2n) is 4.97. The highest BCUT2D eigenvalue weighted by Gasteiger charge is 2.12. The fourth-order valence-corrected chi connectivity index (χ4v) is 2.20. The molecule has 0 spiro atoms.